The molecule has 34 heavy (non-hydrogen) atoms. The molecule has 1 fully saturated rings. The zero-order chi connectivity index (χ0) is 24.1. The number of benzene rings is 2. The molecule has 2 aromatic carbocycles. The summed E-state index contributed by atoms with van der Waals surface area (Å²) in [5.41, 5.74) is 1.62. The van der Waals surface area contributed by atoms with Gasteiger partial charge in [-0.15, -0.1) is 0 Å². The van der Waals surface area contributed by atoms with Gasteiger partial charge in [-0.2, -0.15) is 4.98 Å². The third kappa shape index (κ3) is 4.93. The highest BCUT2D eigenvalue weighted by atomic mass is 16.5. The second kappa shape index (κ2) is 10.5. The number of methoxy groups -OCH3 is 3. The van der Waals surface area contributed by atoms with Crippen LogP contribution in [0.2, 0.25) is 0 Å². The predicted molar refractivity (Wildman–Crippen MR) is 124 cm³/mol. The van der Waals surface area contributed by atoms with Crippen molar-refractivity contribution in [1.29, 1.82) is 0 Å². The van der Waals surface area contributed by atoms with Crippen molar-refractivity contribution >= 4 is 5.91 Å². The van der Waals surface area contributed by atoms with Crippen molar-refractivity contribution in [1.82, 2.24) is 15.0 Å². The summed E-state index contributed by atoms with van der Waals surface area (Å²) >= 11 is 0. The Morgan fingerprint density at radius 3 is 2.56 bits per heavy atom. The molecule has 0 spiro atoms. The molecular formula is C25H29N3O6. The third-order valence-corrected chi connectivity index (χ3v) is 5.74. The molecule has 1 aliphatic heterocycles. The first kappa shape index (κ1) is 23.4. The zero-order valence-electron chi connectivity index (χ0n) is 19.9. The Morgan fingerprint density at radius 2 is 1.82 bits per heavy atom. The van der Waals surface area contributed by atoms with E-state index in [-0.39, 0.29) is 11.8 Å². The lowest BCUT2D eigenvalue weighted by Gasteiger charge is -2.18. The fourth-order valence-corrected chi connectivity index (χ4v) is 3.96. The molecule has 1 unspecified atom stereocenters. The van der Waals surface area contributed by atoms with Crippen LogP contribution in [0.1, 0.15) is 37.1 Å². The van der Waals surface area contributed by atoms with Gasteiger partial charge in [-0.3, -0.25) is 4.79 Å². The van der Waals surface area contributed by atoms with Crippen molar-refractivity contribution in [2.75, 3.05) is 34.5 Å². The lowest BCUT2D eigenvalue weighted by molar-refractivity contribution is -0.128. The molecule has 3 aromatic rings. The molecule has 1 atom stereocenters. The number of carbonyl (C=O) groups is 1. The van der Waals surface area contributed by atoms with Gasteiger partial charge < -0.3 is 28.4 Å². The molecule has 1 aromatic heterocycles. The molecule has 0 radical (unpaired) electrons. The normalized spacial score (nSPS) is 15.5. The Balaban J connectivity index is 1.48. The summed E-state index contributed by atoms with van der Waals surface area (Å²) in [5, 5.41) is 4.13. The molecular weight excluding hydrogens is 438 g/mol. The van der Waals surface area contributed by atoms with Crippen LogP contribution in [0.3, 0.4) is 0 Å². The molecule has 1 saturated heterocycles. The van der Waals surface area contributed by atoms with E-state index in [4.69, 9.17) is 23.5 Å². The van der Waals surface area contributed by atoms with Gasteiger partial charge in [-0.1, -0.05) is 12.1 Å². The Labute approximate surface area is 198 Å². The first-order valence-electron chi connectivity index (χ1n) is 11.2. The van der Waals surface area contributed by atoms with Crippen LogP contribution >= 0.6 is 0 Å². The first-order chi connectivity index (χ1) is 16.6. The molecule has 9 nitrogen and oxygen atoms in total. The van der Waals surface area contributed by atoms with Crippen molar-refractivity contribution in [3.63, 3.8) is 0 Å². The maximum atomic E-state index is 12.7. The fourth-order valence-electron chi connectivity index (χ4n) is 3.96. The molecule has 0 N–H and O–H groups in total. The van der Waals surface area contributed by atoms with Crippen molar-refractivity contribution in [3.8, 4) is 34.4 Å². The third-order valence-electron chi connectivity index (χ3n) is 5.74. The minimum Gasteiger partial charge on any atom is -0.497 e. The second-order valence-electron chi connectivity index (χ2n) is 8.02. The zero-order valence-corrected chi connectivity index (χ0v) is 19.9. The Hall–Kier alpha value is -3.75. The number of ether oxygens (including phenoxy) is 4. The minimum atomic E-state index is -0.181. The first-order valence-corrected chi connectivity index (χ1v) is 11.2. The summed E-state index contributed by atoms with van der Waals surface area (Å²) < 4.78 is 27.5. The van der Waals surface area contributed by atoms with Crippen LogP contribution in [0, 0.1) is 0 Å². The maximum absolute atomic E-state index is 12.7. The fraction of sp³-hybridized carbons (Fsp3) is 0.400. The Bertz CT molecular complexity index is 1150. The van der Waals surface area contributed by atoms with E-state index >= 15 is 0 Å². The number of hydrogen-bond donors (Lipinski definition) is 0. The number of carbonyl (C=O) groups excluding carboxylic acids is 1. The van der Waals surface area contributed by atoms with Crippen LogP contribution in [-0.4, -0.2) is 55.4 Å². The molecule has 2 heterocycles. The van der Waals surface area contributed by atoms with Crippen molar-refractivity contribution < 1.29 is 28.3 Å². The van der Waals surface area contributed by atoms with Gasteiger partial charge >= 0.3 is 0 Å². The lowest BCUT2D eigenvalue weighted by atomic mass is 10.1. The summed E-state index contributed by atoms with van der Waals surface area (Å²) in [5.74, 6) is 3.41. The van der Waals surface area contributed by atoms with Gasteiger partial charge in [-0.25, -0.2) is 0 Å². The van der Waals surface area contributed by atoms with Crippen LogP contribution in [0.25, 0.3) is 11.4 Å². The van der Waals surface area contributed by atoms with E-state index in [1.807, 2.05) is 43.3 Å². The summed E-state index contributed by atoms with van der Waals surface area (Å²) in [7, 11) is 4.81. The van der Waals surface area contributed by atoms with E-state index in [2.05, 4.69) is 10.1 Å². The van der Waals surface area contributed by atoms with E-state index in [1.165, 1.54) is 0 Å². The summed E-state index contributed by atoms with van der Waals surface area (Å²) in [6.45, 7) is 3.54. The monoisotopic (exact) mass is 467 g/mol. The number of rotatable bonds is 10. The molecule has 9 heteroatoms. The second-order valence-corrected chi connectivity index (χ2v) is 8.02. The van der Waals surface area contributed by atoms with Gasteiger partial charge in [0, 0.05) is 30.6 Å². The molecule has 1 aliphatic rings. The number of amides is 1. The topological polar surface area (TPSA) is 96.2 Å². The number of nitrogens with zero attached hydrogens (tertiary/aromatic N) is 3. The average Bonchev–Trinajstić information content (AvgIpc) is 3.49. The molecule has 0 aliphatic carbocycles. The number of hydrogen-bond acceptors (Lipinski definition) is 8. The number of aromatic nitrogens is 2. The van der Waals surface area contributed by atoms with E-state index in [0.717, 1.165) is 17.5 Å². The molecule has 0 bridgehead atoms. The molecule has 1 amide bonds. The van der Waals surface area contributed by atoms with Gasteiger partial charge in [0.05, 0.1) is 33.9 Å². The van der Waals surface area contributed by atoms with E-state index in [9.17, 15) is 4.79 Å². The summed E-state index contributed by atoms with van der Waals surface area (Å²) in [6.07, 6.45) is 1.21. The molecule has 180 valence electrons. The Kier molecular flexibility index (Phi) is 7.20. The van der Waals surface area contributed by atoms with Gasteiger partial charge in [-0.05, 0) is 42.8 Å². The maximum Gasteiger partial charge on any atom is 0.232 e. The average molecular weight is 468 g/mol. The quantitative estimate of drug-likeness (QED) is 0.440. The van der Waals surface area contributed by atoms with Crippen LogP contribution < -0.4 is 18.9 Å². The smallest absolute Gasteiger partial charge is 0.232 e. The van der Waals surface area contributed by atoms with Crippen molar-refractivity contribution in [3.05, 3.63) is 47.9 Å². The van der Waals surface area contributed by atoms with Crippen LogP contribution in [-0.2, 0) is 11.3 Å². The van der Waals surface area contributed by atoms with E-state index < -0.39 is 0 Å². The summed E-state index contributed by atoms with van der Waals surface area (Å²) in [4.78, 5) is 19.1. The summed E-state index contributed by atoms with van der Waals surface area (Å²) in [6, 6.07) is 11.1. The predicted octanol–water partition coefficient (Wildman–Crippen LogP) is 4.07. The van der Waals surface area contributed by atoms with Crippen molar-refractivity contribution in [2.24, 2.45) is 0 Å². The van der Waals surface area contributed by atoms with E-state index in [0.29, 0.717) is 60.8 Å². The van der Waals surface area contributed by atoms with Gasteiger partial charge in [0.15, 0.2) is 11.5 Å². The largest absolute Gasteiger partial charge is 0.497 e. The number of likely N-dealkylation sites (tertiary alicyclic amines) is 1. The molecule has 0 saturated carbocycles. The SMILES string of the molecule is CCCOc1ccc(-c2noc(C3CC(=O)N(Cc4cc(OC)ccc4OC)C3)n2)cc1OC. The standard InChI is InChI=1S/C25H29N3O6/c1-5-10-33-21-8-6-16(12-22(21)32-4)24-26-25(34-27-24)18-13-23(29)28(15-18)14-17-11-19(30-2)7-9-20(17)31-3/h6-9,11-12,18H,5,10,13-15H2,1-4H3. The molecule has 4 rings (SSSR count). The van der Waals surface area contributed by atoms with E-state index in [1.54, 1.807) is 26.2 Å². The Morgan fingerprint density at radius 1 is 1.03 bits per heavy atom. The van der Waals surface area contributed by atoms with Gasteiger partial charge in [0.25, 0.3) is 0 Å². The highest BCUT2D eigenvalue weighted by molar-refractivity contribution is 5.79. The van der Waals surface area contributed by atoms with Crippen molar-refractivity contribution in [2.45, 2.75) is 32.2 Å². The highest BCUT2D eigenvalue weighted by Gasteiger charge is 2.35. The lowest BCUT2D eigenvalue weighted by Crippen LogP contribution is -2.24. The van der Waals surface area contributed by atoms with Gasteiger partial charge in [0.2, 0.25) is 17.6 Å². The van der Waals surface area contributed by atoms with Crippen LogP contribution in [0.15, 0.2) is 40.9 Å². The highest BCUT2D eigenvalue weighted by Crippen LogP contribution is 2.34. The minimum absolute atomic E-state index is 0.0220. The van der Waals surface area contributed by atoms with Crippen LogP contribution in [0.5, 0.6) is 23.0 Å². The van der Waals surface area contributed by atoms with Crippen LogP contribution in [0.4, 0.5) is 0 Å². The van der Waals surface area contributed by atoms with Gasteiger partial charge in [0.1, 0.15) is 11.5 Å².